The highest BCUT2D eigenvalue weighted by Gasteiger charge is 2.54. The predicted octanol–water partition coefficient (Wildman–Crippen LogP) is 2.24. The predicted molar refractivity (Wildman–Crippen MR) is 122 cm³/mol. The standard InChI is InChI=1S/C19H25N3O7S2Si/c1-10(23)29-7-11-8-30-16-13(15(24)22(16)14(11)17(25)26)21-19-20-12(9-31-19)18(27)28-5-6-32(2,3)4/h9,13,16H,5-8H2,1-4H3,(H,20,21)(H,25,26)/t13?,16-/m1/s1. The van der Waals surface area contributed by atoms with Crippen LogP contribution < -0.4 is 5.32 Å². The van der Waals surface area contributed by atoms with Gasteiger partial charge in [-0.25, -0.2) is 14.6 Å². The van der Waals surface area contributed by atoms with Crippen LogP contribution in [0.3, 0.4) is 0 Å². The van der Waals surface area contributed by atoms with E-state index in [0.29, 0.717) is 23.1 Å². The molecule has 32 heavy (non-hydrogen) atoms. The summed E-state index contributed by atoms with van der Waals surface area (Å²) in [5.74, 6) is -2.39. The first-order chi connectivity index (χ1) is 15.0. The summed E-state index contributed by atoms with van der Waals surface area (Å²) in [6.07, 6.45) is 0. The van der Waals surface area contributed by atoms with Crippen LogP contribution in [0, 0.1) is 0 Å². The summed E-state index contributed by atoms with van der Waals surface area (Å²) in [5, 5.41) is 14.1. The Morgan fingerprint density at radius 3 is 2.66 bits per heavy atom. The quantitative estimate of drug-likeness (QED) is 0.296. The highest BCUT2D eigenvalue weighted by atomic mass is 32.2. The number of aliphatic carboxylic acids is 1. The Balaban J connectivity index is 1.63. The highest BCUT2D eigenvalue weighted by molar-refractivity contribution is 8.00. The van der Waals surface area contributed by atoms with E-state index in [-0.39, 0.29) is 18.0 Å². The van der Waals surface area contributed by atoms with Gasteiger partial charge in [0.1, 0.15) is 23.7 Å². The van der Waals surface area contributed by atoms with E-state index in [0.717, 1.165) is 6.04 Å². The van der Waals surface area contributed by atoms with Gasteiger partial charge in [0.25, 0.3) is 5.91 Å². The first-order valence-corrected chi connectivity index (χ1v) is 15.5. The van der Waals surface area contributed by atoms with Gasteiger partial charge < -0.3 is 19.9 Å². The van der Waals surface area contributed by atoms with Crippen molar-refractivity contribution in [1.82, 2.24) is 9.88 Å². The molecular formula is C19H25N3O7S2Si. The molecule has 2 N–H and O–H groups in total. The molecule has 3 rings (SSSR count). The lowest BCUT2D eigenvalue weighted by Gasteiger charge is -2.49. The Kier molecular flexibility index (Phi) is 7.30. The number of nitrogens with one attached hydrogen (secondary N) is 1. The third-order valence-corrected chi connectivity index (χ3v) is 8.59. The monoisotopic (exact) mass is 499 g/mol. The minimum absolute atomic E-state index is 0.149. The van der Waals surface area contributed by atoms with Crippen LogP contribution >= 0.6 is 23.1 Å². The number of carboxylic acid groups (broad SMARTS) is 1. The Morgan fingerprint density at radius 1 is 1.31 bits per heavy atom. The molecule has 0 radical (unpaired) electrons. The van der Waals surface area contributed by atoms with E-state index in [1.54, 1.807) is 5.38 Å². The average Bonchev–Trinajstić information content (AvgIpc) is 3.17. The number of carboxylic acids is 1. The fourth-order valence-corrected chi connectivity index (χ4v) is 5.83. The number of anilines is 1. The summed E-state index contributed by atoms with van der Waals surface area (Å²) in [6.45, 7) is 7.99. The van der Waals surface area contributed by atoms with Gasteiger partial charge in [-0.3, -0.25) is 14.5 Å². The second-order valence-electron chi connectivity index (χ2n) is 8.55. The maximum absolute atomic E-state index is 12.7. The molecular weight excluding hydrogens is 474 g/mol. The fourth-order valence-electron chi connectivity index (χ4n) is 3.07. The lowest BCUT2D eigenvalue weighted by Crippen LogP contribution is -2.67. The lowest BCUT2D eigenvalue weighted by atomic mass is 10.0. The molecule has 13 heteroatoms. The minimum Gasteiger partial charge on any atom is -0.477 e. The summed E-state index contributed by atoms with van der Waals surface area (Å²) in [6, 6.07) is 0.185. The zero-order chi connectivity index (χ0) is 23.6. The molecule has 0 spiro atoms. The van der Waals surface area contributed by atoms with Crippen LogP contribution in [-0.4, -0.2) is 77.3 Å². The third-order valence-electron chi connectivity index (χ3n) is 4.78. The number of nitrogens with zero attached hydrogens (tertiary/aromatic N) is 2. The summed E-state index contributed by atoms with van der Waals surface area (Å²) >= 11 is 2.55. The molecule has 2 aliphatic heterocycles. The van der Waals surface area contributed by atoms with Crippen molar-refractivity contribution < 1.29 is 33.8 Å². The van der Waals surface area contributed by atoms with E-state index < -0.39 is 43.3 Å². The van der Waals surface area contributed by atoms with Crippen molar-refractivity contribution in [2.24, 2.45) is 0 Å². The SMILES string of the molecule is CC(=O)OCC1=C(C(=O)O)N2C(=O)C(Nc3nc(C(=O)OCC[Si](C)(C)C)cs3)[C@H]2SC1. The van der Waals surface area contributed by atoms with Crippen LogP contribution in [0.1, 0.15) is 17.4 Å². The summed E-state index contributed by atoms with van der Waals surface area (Å²) < 4.78 is 10.2. The molecule has 3 heterocycles. The number of hydrogen-bond acceptors (Lipinski definition) is 10. The number of thioether (sulfide) groups is 1. The van der Waals surface area contributed by atoms with Crippen molar-refractivity contribution in [3.8, 4) is 0 Å². The first kappa shape index (κ1) is 24.3. The molecule has 174 valence electrons. The zero-order valence-electron chi connectivity index (χ0n) is 18.2. The van der Waals surface area contributed by atoms with E-state index in [1.807, 2.05) is 0 Å². The molecule has 1 unspecified atom stereocenters. The number of carbonyl (C=O) groups is 4. The Morgan fingerprint density at radius 2 is 2.03 bits per heavy atom. The van der Waals surface area contributed by atoms with Crippen molar-refractivity contribution in [1.29, 1.82) is 0 Å². The number of fused-ring (bicyclic) bond motifs is 1. The molecule has 1 aromatic heterocycles. The largest absolute Gasteiger partial charge is 0.477 e. The van der Waals surface area contributed by atoms with Crippen molar-refractivity contribution in [3.63, 3.8) is 0 Å². The number of thiazole rings is 1. The maximum atomic E-state index is 12.7. The molecule has 10 nitrogen and oxygen atoms in total. The Bertz CT molecular complexity index is 972. The van der Waals surface area contributed by atoms with Gasteiger partial charge in [-0.1, -0.05) is 19.6 Å². The number of esters is 2. The first-order valence-electron chi connectivity index (χ1n) is 9.90. The van der Waals surface area contributed by atoms with Gasteiger partial charge in [0.05, 0.1) is 6.61 Å². The number of rotatable bonds is 9. The Labute approximate surface area is 194 Å². The summed E-state index contributed by atoms with van der Waals surface area (Å²) in [7, 11) is -1.31. The molecule has 0 aliphatic carbocycles. The molecule has 1 fully saturated rings. The summed E-state index contributed by atoms with van der Waals surface area (Å²) in [4.78, 5) is 53.1. The maximum Gasteiger partial charge on any atom is 0.357 e. The van der Waals surface area contributed by atoms with Crippen molar-refractivity contribution in [2.45, 2.75) is 44.0 Å². The van der Waals surface area contributed by atoms with Crippen LogP contribution in [0.25, 0.3) is 0 Å². The number of hydrogen-bond donors (Lipinski definition) is 2. The molecule has 1 saturated heterocycles. The smallest absolute Gasteiger partial charge is 0.357 e. The number of carbonyl (C=O) groups excluding carboxylic acids is 3. The van der Waals surface area contributed by atoms with Crippen molar-refractivity contribution in [2.75, 3.05) is 24.3 Å². The molecule has 0 saturated carbocycles. The van der Waals surface area contributed by atoms with Gasteiger partial charge in [-0.05, 0) is 6.04 Å². The summed E-state index contributed by atoms with van der Waals surface area (Å²) in [5.41, 5.74) is 0.394. The molecule has 2 aliphatic rings. The van der Waals surface area contributed by atoms with Gasteiger partial charge in [0.15, 0.2) is 10.8 Å². The van der Waals surface area contributed by atoms with Gasteiger partial charge >= 0.3 is 17.9 Å². The number of amides is 1. The van der Waals surface area contributed by atoms with E-state index in [1.165, 1.54) is 34.9 Å². The van der Waals surface area contributed by atoms with E-state index in [2.05, 4.69) is 29.9 Å². The van der Waals surface area contributed by atoms with Crippen LogP contribution in [0.4, 0.5) is 5.13 Å². The highest BCUT2D eigenvalue weighted by Crippen LogP contribution is 2.41. The second-order valence-corrected chi connectivity index (χ2v) is 16.1. The van der Waals surface area contributed by atoms with Crippen molar-refractivity contribution in [3.05, 3.63) is 22.3 Å². The molecule has 2 atom stereocenters. The van der Waals surface area contributed by atoms with Gasteiger partial charge in [-0.2, -0.15) is 0 Å². The average molecular weight is 500 g/mol. The minimum atomic E-state index is -1.31. The normalized spacial score (nSPS) is 20.4. The topological polar surface area (TPSA) is 135 Å². The van der Waals surface area contributed by atoms with E-state index in [9.17, 15) is 24.3 Å². The van der Waals surface area contributed by atoms with Gasteiger partial charge in [0.2, 0.25) is 0 Å². The molecule has 1 amide bonds. The van der Waals surface area contributed by atoms with Crippen LogP contribution in [0.15, 0.2) is 16.7 Å². The molecule has 0 aromatic carbocycles. The Hall–Kier alpha value is -2.38. The van der Waals surface area contributed by atoms with Crippen LogP contribution in [0.2, 0.25) is 25.7 Å². The third kappa shape index (κ3) is 5.50. The zero-order valence-corrected chi connectivity index (χ0v) is 20.8. The number of aromatic nitrogens is 1. The van der Waals surface area contributed by atoms with Crippen LogP contribution in [-0.2, 0) is 23.9 Å². The second kappa shape index (κ2) is 9.63. The van der Waals surface area contributed by atoms with E-state index >= 15 is 0 Å². The fraction of sp³-hybridized carbons (Fsp3) is 0.526. The van der Waals surface area contributed by atoms with Gasteiger partial charge in [0, 0.05) is 31.7 Å². The lowest BCUT2D eigenvalue weighted by molar-refractivity contribution is -0.147. The van der Waals surface area contributed by atoms with E-state index in [4.69, 9.17) is 9.47 Å². The van der Waals surface area contributed by atoms with Crippen LogP contribution in [0.5, 0.6) is 0 Å². The van der Waals surface area contributed by atoms with Crippen molar-refractivity contribution >= 4 is 60.1 Å². The molecule has 1 aromatic rings. The number of β-lactam (4-membered cyclic amide) rings is 1. The number of ether oxygens (including phenoxy) is 2. The van der Waals surface area contributed by atoms with Gasteiger partial charge in [-0.15, -0.1) is 23.1 Å². The molecule has 0 bridgehead atoms.